The maximum absolute atomic E-state index is 12.5. The van der Waals surface area contributed by atoms with Crippen LogP contribution in [0.2, 0.25) is 0 Å². The largest absolute Gasteiger partial charge is 0.435 e. The summed E-state index contributed by atoms with van der Waals surface area (Å²) in [6, 6.07) is 5.81. The fourth-order valence-electron chi connectivity index (χ4n) is 1.51. The number of hydrogen-bond acceptors (Lipinski definition) is 2. The summed E-state index contributed by atoms with van der Waals surface area (Å²) < 4.78 is 39.3. The zero-order chi connectivity index (χ0) is 14.2. The molecule has 1 aromatic heterocycles. The lowest BCUT2D eigenvalue weighted by atomic mass is 10.2. The molecule has 0 radical (unpaired) electrons. The van der Waals surface area contributed by atoms with E-state index in [1.165, 1.54) is 6.20 Å². The highest BCUT2D eigenvalue weighted by Crippen LogP contribution is 2.28. The molecule has 1 heterocycles. The minimum absolute atomic E-state index is 0.0894. The first-order chi connectivity index (χ1) is 8.79. The molecule has 1 aromatic carbocycles. The molecule has 0 aliphatic rings. The molecule has 0 saturated carbocycles. The van der Waals surface area contributed by atoms with Gasteiger partial charge in [-0.05, 0) is 24.3 Å². The van der Waals surface area contributed by atoms with Crippen LogP contribution in [0.25, 0.3) is 5.69 Å². The van der Waals surface area contributed by atoms with E-state index in [-0.39, 0.29) is 4.99 Å². The second kappa shape index (κ2) is 4.93. The van der Waals surface area contributed by atoms with E-state index < -0.39 is 11.9 Å². The quantitative estimate of drug-likeness (QED) is 0.846. The Morgan fingerprint density at radius 3 is 2.53 bits per heavy atom. The third-order valence-electron chi connectivity index (χ3n) is 2.35. The molecular weight excluding hydrogens is 343 g/mol. The van der Waals surface area contributed by atoms with Crippen molar-refractivity contribution < 1.29 is 13.2 Å². The number of nitrogens with two attached hydrogens (primary N) is 1. The molecule has 3 nitrogen and oxygen atoms in total. The fraction of sp³-hybridized carbons (Fsp3) is 0.0909. The van der Waals surface area contributed by atoms with Gasteiger partial charge in [-0.15, -0.1) is 0 Å². The van der Waals surface area contributed by atoms with Gasteiger partial charge in [0.25, 0.3) is 0 Å². The number of rotatable bonds is 2. The minimum Gasteiger partial charge on any atom is -0.389 e. The predicted octanol–water partition coefficient (Wildman–Crippen LogP) is 3.29. The number of aromatic nitrogens is 2. The number of alkyl halides is 3. The summed E-state index contributed by atoms with van der Waals surface area (Å²) in [5.74, 6) is 0. The lowest BCUT2D eigenvalue weighted by molar-refractivity contribution is -0.141. The van der Waals surface area contributed by atoms with Gasteiger partial charge in [0.2, 0.25) is 0 Å². The summed E-state index contributed by atoms with van der Waals surface area (Å²) >= 11 is 8.11. The van der Waals surface area contributed by atoms with Gasteiger partial charge in [-0.1, -0.05) is 28.1 Å². The third-order valence-corrected chi connectivity index (χ3v) is 3.06. The van der Waals surface area contributed by atoms with Crippen molar-refractivity contribution in [2.75, 3.05) is 0 Å². The van der Waals surface area contributed by atoms with Crippen LogP contribution < -0.4 is 5.73 Å². The van der Waals surface area contributed by atoms with Crippen molar-refractivity contribution in [1.82, 2.24) is 9.78 Å². The summed E-state index contributed by atoms with van der Waals surface area (Å²) in [5, 5.41) is 3.49. The van der Waals surface area contributed by atoms with E-state index in [2.05, 4.69) is 21.0 Å². The first kappa shape index (κ1) is 14.0. The Labute approximate surface area is 120 Å². The Morgan fingerprint density at radius 1 is 1.32 bits per heavy atom. The standard InChI is InChI=1S/C11H7BrF3N3S/c12-6-1-2-7(10(16)19)8(5-6)18-4-3-9(17-18)11(13,14)15/h1-5H,(H2,16,19). The summed E-state index contributed by atoms with van der Waals surface area (Å²) in [7, 11) is 0. The zero-order valence-electron chi connectivity index (χ0n) is 9.28. The molecular formula is C11H7BrF3N3S. The van der Waals surface area contributed by atoms with Crippen LogP contribution in [0.3, 0.4) is 0 Å². The first-order valence-corrected chi connectivity index (χ1v) is 6.22. The number of thiocarbonyl (C=S) groups is 1. The van der Waals surface area contributed by atoms with Gasteiger partial charge in [-0.3, -0.25) is 0 Å². The molecule has 100 valence electrons. The minimum atomic E-state index is -4.49. The maximum atomic E-state index is 12.5. The second-order valence-electron chi connectivity index (χ2n) is 3.67. The lowest BCUT2D eigenvalue weighted by Gasteiger charge is -2.09. The molecule has 0 bridgehead atoms. The Hall–Kier alpha value is -1.41. The Kier molecular flexibility index (Phi) is 3.64. The van der Waals surface area contributed by atoms with E-state index in [9.17, 15) is 13.2 Å². The highest BCUT2D eigenvalue weighted by Gasteiger charge is 2.33. The van der Waals surface area contributed by atoms with Crippen LogP contribution in [0.1, 0.15) is 11.3 Å². The number of hydrogen-bond donors (Lipinski definition) is 1. The van der Waals surface area contributed by atoms with E-state index in [1.807, 2.05) is 0 Å². The molecule has 0 fully saturated rings. The Bertz CT molecular complexity index is 636. The van der Waals surface area contributed by atoms with Crippen LogP contribution in [0.15, 0.2) is 34.9 Å². The Morgan fingerprint density at radius 2 is 2.00 bits per heavy atom. The number of benzene rings is 1. The zero-order valence-corrected chi connectivity index (χ0v) is 11.7. The van der Waals surface area contributed by atoms with Gasteiger partial charge >= 0.3 is 6.18 Å². The van der Waals surface area contributed by atoms with E-state index in [4.69, 9.17) is 18.0 Å². The van der Waals surface area contributed by atoms with Crippen LogP contribution in [0.5, 0.6) is 0 Å². The monoisotopic (exact) mass is 349 g/mol. The normalized spacial score (nSPS) is 11.6. The first-order valence-electron chi connectivity index (χ1n) is 5.01. The van der Waals surface area contributed by atoms with E-state index in [0.29, 0.717) is 15.7 Å². The molecule has 8 heteroatoms. The van der Waals surface area contributed by atoms with Gasteiger partial charge in [0.1, 0.15) is 4.99 Å². The fourth-order valence-corrected chi connectivity index (χ4v) is 2.03. The lowest BCUT2D eigenvalue weighted by Crippen LogP contribution is -2.14. The topological polar surface area (TPSA) is 43.8 Å². The average molecular weight is 350 g/mol. The molecule has 0 spiro atoms. The molecule has 0 atom stereocenters. The summed E-state index contributed by atoms with van der Waals surface area (Å²) in [4.78, 5) is 0.0894. The van der Waals surface area contributed by atoms with E-state index in [0.717, 1.165) is 10.7 Å². The van der Waals surface area contributed by atoms with Crippen molar-refractivity contribution in [3.05, 3.63) is 46.2 Å². The van der Waals surface area contributed by atoms with Crippen LogP contribution in [-0.4, -0.2) is 14.8 Å². The molecule has 0 saturated heterocycles. The van der Waals surface area contributed by atoms with Gasteiger partial charge < -0.3 is 5.73 Å². The molecule has 0 unspecified atom stereocenters. The maximum Gasteiger partial charge on any atom is 0.435 e. The van der Waals surface area contributed by atoms with Crippen molar-refractivity contribution >= 4 is 33.1 Å². The molecule has 0 amide bonds. The van der Waals surface area contributed by atoms with E-state index >= 15 is 0 Å². The van der Waals surface area contributed by atoms with Gasteiger partial charge in [-0.2, -0.15) is 18.3 Å². The van der Waals surface area contributed by atoms with Crippen molar-refractivity contribution in [3.63, 3.8) is 0 Å². The summed E-state index contributed by atoms with van der Waals surface area (Å²) in [6.45, 7) is 0. The molecule has 2 aromatic rings. The van der Waals surface area contributed by atoms with Crippen molar-refractivity contribution in [1.29, 1.82) is 0 Å². The number of nitrogens with zero attached hydrogens (tertiary/aromatic N) is 2. The van der Waals surface area contributed by atoms with Crippen molar-refractivity contribution in [3.8, 4) is 5.69 Å². The van der Waals surface area contributed by atoms with Gasteiger partial charge in [0, 0.05) is 16.2 Å². The molecule has 19 heavy (non-hydrogen) atoms. The second-order valence-corrected chi connectivity index (χ2v) is 5.02. The predicted molar refractivity (Wildman–Crippen MR) is 72.2 cm³/mol. The van der Waals surface area contributed by atoms with Crippen LogP contribution >= 0.6 is 28.1 Å². The SMILES string of the molecule is NC(=S)c1ccc(Br)cc1-n1ccc(C(F)(F)F)n1. The van der Waals surface area contributed by atoms with Gasteiger partial charge in [0.05, 0.1) is 5.69 Å². The highest BCUT2D eigenvalue weighted by atomic mass is 79.9. The van der Waals surface area contributed by atoms with Gasteiger partial charge in [0.15, 0.2) is 5.69 Å². The van der Waals surface area contributed by atoms with Crippen LogP contribution in [0.4, 0.5) is 13.2 Å². The molecule has 0 aliphatic carbocycles. The Balaban J connectivity index is 2.55. The van der Waals surface area contributed by atoms with Crippen molar-refractivity contribution in [2.45, 2.75) is 6.18 Å². The van der Waals surface area contributed by atoms with Crippen LogP contribution in [0, 0.1) is 0 Å². The molecule has 2 rings (SSSR count). The molecule has 2 N–H and O–H groups in total. The number of halogens is 4. The summed E-state index contributed by atoms with van der Waals surface area (Å²) in [5.41, 5.74) is 5.42. The van der Waals surface area contributed by atoms with Gasteiger partial charge in [-0.25, -0.2) is 4.68 Å². The average Bonchev–Trinajstić information content (AvgIpc) is 2.77. The molecule has 0 aliphatic heterocycles. The van der Waals surface area contributed by atoms with Crippen molar-refractivity contribution in [2.24, 2.45) is 5.73 Å². The third kappa shape index (κ3) is 2.95. The smallest absolute Gasteiger partial charge is 0.389 e. The summed E-state index contributed by atoms with van der Waals surface area (Å²) in [6.07, 6.45) is -3.27. The van der Waals surface area contributed by atoms with Crippen LogP contribution in [-0.2, 0) is 6.18 Å². The highest BCUT2D eigenvalue weighted by molar-refractivity contribution is 9.10. The van der Waals surface area contributed by atoms with E-state index in [1.54, 1.807) is 18.2 Å².